The summed E-state index contributed by atoms with van der Waals surface area (Å²) in [6.07, 6.45) is 0.301. The number of benzene rings is 2. The third kappa shape index (κ3) is 4.35. The van der Waals surface area contributed by atoms with Gasteiger partial charge in [0.1, 0.15) is 5.15 Å². The number of hydrogen-bond acceptors (Lipinski definition) is 3. The van der Waals surface area contributed by atoms with Crippen molar-refractivity contribution in [3.63, 3.8) is 0 Å². The smallest absolute Gasteiger partial charge is 0.279 e. The molecule has 5 nitrogen and oxygen atoms in total. The standard InChI is InChI=1S/C20H15Cl2F3N4O.C2H6/c21-13-6-10(8-26)7-15(17(13)25)28-5-4-12-18(20(28)30)27-29(19(12)22)9-11-2-1-3-14(23)16(11)24;1-2/h1-3,6-7H,4-5,8-9,26H2;1-2H3. The van der Waals surface area contributed by atoms with Gasteiger partial charge in [-0.2, -0.15) is 5.10 Å². The lowest BCUT2D eigenvalue weighted by Gasteiger charge is -2.27. The van der Waals surface area contributed by atoms with Gasteiger partial charge in [0.2, 0.25) is 0 Å². The van der Waals surface area contributed by atoms with Crippen LogP contribution in [0.3, 0.4) is 0 Å². The molecule has 0 spiro atoms. The van der Waals surface area contributed by atoms with Gasteiger partial charge in [0.15, 0.2) is 23.1 Å². The molecule has 10 heteroatoms. The van der Waals surface area contributed by atoms with E-state index in [0.29, 0.717) is 17.5 Å². The normalized spacial score (nSPS) is 13.0. The summed E-state index contributed by atoms with van der Waals surface area (Å²) in [5.74, 6) is -3.31. The zero-order valence-electron chi connectivity index (χ0n) is 17.4. The Morgan fingerprint density at radius 1 is 1.12 bits per heavy atom. The van der Waals surface area contributed by atoms with Gasteiger partial charge in [-0.3, -0.25) is 4.79 Å². The van der Waals surface area contributed by atoms with Crippen LogP contribution in [0.2, 0.25) is 10.2 Å². The molecule has 1 amide bonds. The van der Waals surface area contributed by atoms with Gasteiger partial charge in [0.05, 0.1) is 17.3 Å². The van der Waals surface area contributed by atoms with Crippen LogP contribution >= 0.6 is 23.2 Å². The number of halogens is 5. The number of anilines is 1. The molecule has 2 aromatic carbocycles. The predicted molar refractivity (Wildman–Crippen MR) is 119 cm³/mol. The Morgan fingerprint density at radius 2 is 1.84 bits per heavy atom. The summed E-state index contributed by atoms with van der Waals surface area (Å²) in [5, 5.41) is 4.20. The number of fused-ring (bicyclic) bond motifs is 1. The fourth-order valence-electron chi connectivity index (χ4n) is 3.43. The zero-order valence-corrected chi connectivity index (χ0v) is 18.9. The third-order valence-electron chi connectivity index (χ3n) is 4.96. The van der Waals surface area contributed by atoms with Crippen LogP contribution in [-0.4, -0.2) is 22.2 Å². The van der Waals surface area contributed by atoms with Crippen LogP contribution in [0.5, 0.6) is 0 Å². The summed E-state index contributed by atoms with van der Waals surface area (Å²) in [4.78, 5) is 14.3. The maximum absolute atomic E-state index is 14.6. The minimum atomic E-state index is -1.01. The highest BCUT2D eigenvalue weighted by Gasteiger charge is 2.33. The van der Waals surface area contributed by atoms with Crippen LogP contribution in [0.15, 0.2) is 30.3 Å². The molecule has 0 unspecified atom stereocenters. The van der Waals surface area contributed by atoms with E-state index in [1.807, 2.05) is 13.8 Å². The Balaban J connectivity index is 0.00000141. The molecule has 0 bridgehead atoms. The van der Waals surface area contributed by atoms with Crippen LogP contribution in [-0.2, 0) is 19.5 Å². The monoisotopic (exact) mass is 484 g/mol. The molecular weight excluding hydrogens is 464 g/mol. The van der Waals surface area contributed by atoms with E-state index >= 15 is 0 Å². The minimum absolute atomic E-state index is 0.000414. The van der Waals surface area contributed by atoms with Gasteiger partial charge in [-0.1, -0.05) is 49.2 Å². The number of carbonyl (C=O) groups is 1. The number of nitrogens with zero attached hydrogens (tertiary/aromatic N) is 3. The van der Waals surface area contributed by atoms with Gasteiger partial charge in [-0.15, -0.1) is 0 Å². The van der Waals surface area contributed by atoms with Crippen molar-refractivity contribution in [3.8, 4) is 0 Å². The maximum atomic E-state index is 14.6. The quantitative estimate of drug-likeness (QED) is 0.543. The van der Waals surface area contributed by atoms with Crippen LogP contribution in [0.4, 0.5) is 18.9 Å². The van der Waals surface area contributed by atoms with E-state index in [4.69, 9.17) is 28.9 Å². The summed E-state index contributed by atoms with van der Waals surface area (Å²) in [5.41, 5.74) is 6.72. The molecule has 0 aliphatic carbocycles. The molecule has 1 aliphatic rings. The number of nitrogens with two attached hydrogens (primary N) is 1. The topological polar surface area (TPSA) is 64.2 Å². The molecule has 0 fully saturated rings. The van der Waals surface area contributed by atoms with Crippen molar-refractivity contribution >= 4 is 34.8 Å². The van der Waals surface area contributed by atoms with Crippen molar-refractivity contribution < 1.29 is 18.0 Å². The number of carbonyl (C=O) groups excluding carboxylic acids is 1. The molecule has 0 atom stereocenters. The molecule has 2 N–H and O–H groups in total. The molecule has 1 aliphatic heterocycles. The summed E-state index contributed by atoms with van der Waals surface area (Å²) in [6.45, 7) is 4.11. The summed E-state index contributed by atoms with van der Waals surface area (Å²) in [6, 6.07) is 6.64. The molecule has 0 saturated carbocycles. The van der Waals surface area contributed by atoms with Crippen molar-refractivity contribution in [2.45, 2.75) is 33.4 Å². The van der Waals surface area contributed by atoms with Crippen molar-refractivity contribution in [1.29, 1.82) is 0 Å². The molecular formula is C22H21Cl2F3N4O. The summed E-state index contributed by atoms with van der Waals surface area (Å²) < 4.78 is 43.3. The largest absolute Gasteiger partial charge is 0.326 e. The van der Waals surface area contributed by atoms with Crippen LogP contribution < -0.4 is 10.6 Å². The Hall–Kier alpha value is -2.55. The molecule has 32 heavy (non-hydrogen) atoms. The van der Waals surface area contributed by atoms with Gasteiger partial charge in [-0.25, -0.2) is 17.9 Å². The van der Waals surface area contributed by atoms with Gasteiger partial charge in [0, 0.05) is 24.2 Å². The third-order valence-corrected chi connectivity index (χ3v) is 5.66. The highest BCUT2D eigenvalue weighted by atomic mass is 35.5. The van der Waals surface area contributed by atoms with Crippen molar-refractivity contribution in [2.24, 2.45) is 5.73 Å². The molecule has 170 valence electrons. The summed E-state index contributed by atoms with van der Waals surface area (Å²) >= 11 is 12.3. The first-order chi connectivity index (χ1) is 15.3. The second-order valence-electron chi connectivity index (χ2n) is 6.81. The second kappa shape index (κ2) is 9.94. The fourth-order valence-corrected chi connectivity index (χ4v) is 3.95. The molecule has 3 aromatic rings. The molecule has 2 heterocycles. The maximum Gasteiger partial charge on any atom is 0.279 e. The highest BCUT2D eigenvalue weighted by Crippen LogP contribution is 2.33. The Morgan fingerprint density at radius 3 is 2.53 bits per heavy atom. The number of amides is 1. The van der Waals surface area contributed by atoms with Gasteiger partial charge < -0.3 is 10.6 Å². The van der Waals surface area contributed by atoms with E-state index in [1.54, 1.807) is 0 Å². The van der Waals surface area contributed by atoms with Crippen molar-refractivity contribution in [1.82, 2.24) is 9.78 Å². The highest BCUT2D eigenvalue weighted by molar-refractivity contribution is 6.32. The summed E-state index contributed by atoms with van der Waals surface area (Å²) in [7, 11) is 0. The molecule has 0 radical (unpaired) electrons. The Kier molecular flexibility index (Phi) is 7.48. The molecule has 1 aromatic heterocycles. The Labute approximate surface area is 193 Å². The lowest BCUT2D eigenvalue weighted by atomic mass is 10.1. The van der Waals surface area contributed by atoms with Gasteiger partial charge in [-0.05, 0) is 30.2 Å². The first kappa shape index (κ1) is 24.1. The number of aromatic nitrogens is 2. The number of hydrogen-bond donors (Lipinski definition) is 1. The van der Waals surface area contributed by atoms with E-state index in [-0.39, 0.29) is 46.8 Å². The first-order valence-corrected chi connectivity index (χ1v) is 10.7. The SMILES string of the molecule is CC.NCc1cc(Cl)c(F)c(N2CCc3c(nn(Cc4cccc(F)c4F)c3Cl)C2=O)c1. The van der Waals surface area contributed by atoms with Crippen LogP contribution in [0, 0.1) is 17.5 Å². The average Bonchev–Trinajstić information content (AvgIpc) is 3.11. The van der Waals surface area contributed by atoms with E-state index < -0.39 is 23.4 Å². The van der Waals surface area contributed by atoms with E-state index in [0.717, 1.165) is 6.07 Å². The lowest BCUT2D eigenvalue weighted by molar-refractivity contribution is 0.0974. The van der Waals surface area contributed by atoms with E-state index in [1.165, 1.54) is 33.8 Å². The average molecular weight is 485 g/mol. The molecule has 0 saturated heterocycles. The van der Waals surface area contributed by atoms with E-state index in [9.17, 15) is 18.0 Å². The van der Waals surface area contributed by atoms with E-state index in [2.05, 4.69) is 5.10 Å². The predicted octanol–water partition coefficient (Wildman–Crippen LogP) is 5.34. The first-order valence-electron chi connectivity index (χ1n) is 9.99. The molecule has 4 rings (SSSR count). The minimum Gasteiger partial charge on any atom is -0.326 e. The van der Waals surface area contributed by atoms with Crippen molar-refractivity contribution in [2.75, 3.05) is 11.4 Å². The van der Waals surface area contributed by atoms with Gasteiger partial charge in [0.25, 0.3) is 5.91 Å². The second-order valence-corrected chi connectivity index (χ2v) is 7.58. The zero-order chi connectivity index (χ0) is 23.6. The number of rotatable bonds is 4. The van der Waals surface area contributed by atoms with Crippen LogP contribution in [0.25, 0.3) is 0 Å². The lowest BCUT2D eigenvalue weighted by Crippen LogP contribution is -2.38. The fraction of sp³-hybridized carbons (Fsp3) is 0.273. The van der Waals surface area contributed by atoms with Gasteiger partial charge >= 0.3 is 0 Å². The Bertz CT molecular complexity index is 1170. The van der Waals surface area contributed by atoms with Crippen LogP contribution in [0.1, 0.15) is 41.0 Å². The van der Waals surface area contributed by atoms with Crippen molar-refractivity contribution in [3.05, 3.63) is 80.3 Å².